The molecule has 2 aromatic rings. The van der Waals surface area contributed by atoms with Crippen molar-refractivity contribution in [3.05, 3.63) is 59.9 Å². The van der Waals surface area contributed by atoms with Crippen LogP contribution >= 0.6 is 0 Å². The normalized spacial score (nSPS) is 10.2. The van der Waals surface area contributed by atoms with Gasteiger partial charge in [-0.2, -0.15) is 0 Å². The largest absolute Gasteiger partial charge is 0.505 e. The van der Waals surface area contributed by atoms with Gasteiger partial charge in [0.25, 0.3) is 0 Å². The van der Waals surface area contributed by atoms with E-state index in [0.717, 1.165) is 5.69 Å². The maximum absolute atomic E-state index is 13.3. The number of nitrogens with zero attached hydrogens (tertiary/aromatic N) is 1. The molecule has 2 N–H and O–H groups in total. The third-order valence-corrected chi connectivity index (χ3v) is 2.83. The Morgan fingerprint density at radius 3 is 2.45 bits per heavy atom. The summed E-state index contributed by atoms with van der Waals surface area (Å²) in [6.07, 6.45) is 0. The molecule has 4 nitrogen and oxygen atoms in total. The van der Waals surface area contributed by atoms with Crippen LogP contribution in [0.4, 0.5) is 10.1 Å². The summed E-state index contributed by atoms with van der Waals surface area (Å²) in [4.78, 5) is 12.6. The number of phenols is 1. The van der Waals surface area contributed by atoms with Gasteiger partial charge in [-0.1, -0.05) is 24.3 Å². The number of para-hydroxylation sites is 1. The van der Waals surface area contributed by atoms with Crippen LogP contribution in [0.25, 0.3) is 0 Å². The van der Waals surface area contributed by atoms with Gasteiger partial charge in [0.2, 0.25) is 0 Å². The topological polar surface area (TPSA) is 60.8 Å². The molecule has 0 aliphatic heterocycles. The number of aromatic hydroxyl groups is 1. The minimum Gasteiger partial charge on any atom is -0.505 e. The Kier molecular flexibility index (Phi) is 4.20. The Hall–Kier alpha value is -2.56. The minimum atomic E-state index is -0.965. The van der Waals surface area contributed by atoms with Crippen LogP contribution in [0, 0.1) is 5.82 Å². The quantitative estimate of drug-likeness (QED) is 0.880. The summed E-state index contributed by atoms with van der Waals surface area (Å²) in [5, 5.41) is 18.1. The zero-order valence-corrected chi connectivity index (χ0v) is 10.7. The van der Waals surface area contributed by atoms with Gasteiger partial charge in [-0.25, -0.2) is 4.39 Å². The van der Waals surface area contributed by atoms with Gasteiger partial charge in [0.1, 0.15) is 6.54 Å². The highest BCUT2D eigenvalue weighted by atomic mass is 19.1. The summed E-state index contributed by atoms with van der Waals surface area (Å²) in [5.41, 5.74) is 1.33. The molecule has 0 saturated carbocycles. The fourth-order valence-corrected chi connectivity index (χ4v) is 1.91. The number of halogens is 1. The van der Waals surface area contributed by atoms with Crippen molar-refractivity contribution in [3.63, 3.8) is 0 Å². The molecule has 0 saturated heterocycles. The fraction of sp³-hybridized carbons (Fsp3) is 0.133. The van der Waals surface area contributed by atoms with Crippen LogP contribution in [0.5, 0.6) is 5.75 Å². The van der Waals surface area contributed by atoms with Crippen molar-refractivity contribution in [2.24, 2.45) is 0 Å². The maximum Gasteiger partial charge on any atom is 0.323 e. The standard InChI is InChI=1S/C15H14FNO3/c16-13-8-11(6-7-14(13)18)9-17(10-15(19)20)12-4-2-1-3-5-12/h1-8,18H,9-10H2,(H,19,20). The first-order chi connectivity index (χ1) is 9.56. The van der Waals surface area contributed by atoms with Crippen LogP contribution in [0.3, 0.4) is 0 Å². The lowest BCUT2D eigenvalue weighted by Crippen LogP contribution is -2.29. The third kappa shape index (κ3) is 3.47. The molecule has 0 amide bonds. The second-order valence-electron chi connectivity index (χ2n) is 4.37. The average Bonchev–Trinajstić information content (AvgIpc) is 2.43. The number of rotatable bonds is 5. The van der Waals surface area contributed by atoms with Crippen LogP contribution in [-0.4, -0.2) is 22.7 Å². The number of hydrogen-bond donors (Lipinski definition) is 2. The first-order valence-electron chi connectivity index (χ1n) is 6.05. The van der Waals surface area contributed by atoms with Crippen molar-refractivity contribution in [1.29, 1.82) is 0 Å². The number of anilines is 1. The molecule has 104 valence electrons. The monoisotopic (exact) mass is 275 g/mol. The van der Waals surface area contributed by atoms with Crippen LogP contribution in [0.1, 0.15) is 5.56 Å². The number of aliphatic carboxylic acids is 1. The van der Waals surface area contributed by atoms with Crippen molar-refractivity contribution in [2.45, 2.75) is 6.54 Å². The molecule has 0 spiro atoms. The number of carboxylic acid groups (broad SMARTS) is 1. The molecular weight excluding hydrogens is 261 g/mol. The highest BCUT2D eigenvalue weighted by Gasteiger charge is 2.12. The first kappa shape index (κ1) is 13.9. The van der Waals surface area contributed by atoms with Crippen LogP contribution in [-0.2, 0) is 11.3 Å². The van der Waals surface area contributed by atoms with E-state index in [1.807, 2.05) is 18.2 Å². The van der Waals surface area contributed by atoms with E-state index in [-0.39, 0.29) is 13.1 Å². The summed E-state index contributed by atoms with van der Waals surface area (Å²) in [6, 6.07) is 13.1. The van der Waals surface area contributed by atoms with E-state index < -0.39 is 17.5 Å². The van der Waals surface area contributed by atoms with Crippen molar-refractivity contribution < 1.29 is 19.4 Å². The number of carboxylic acids is 1. The van der Waals surface area contributed by atoms with Crippen LogP contribution < -0.4 is 4.90 Å². The summed E-state index contributed by atoms with van der Waals surface area (Å²) in [7, 11) is 0. The minimum absolute atomic E-state index is 0.188. The van der Waals surface area contributed by atoms with Crippen LogP contribution in [0.2, 0.25) is 0 Å². The molecule has 0 aromatic heterocycles. The van der Waals surface area contributed by atoms with Crippen molar-refractivity contribution >= 4 is 11.7 Å². The molecule has 0 atom stereocenters. The van der Waals surface area contributed by atoms with Gasteiger partial charge >= 0.3 is 5.97 Å². The molecule has 20 heavy (non-hydrogen) atoms. The van der Waals surface area contributed by atoms with E-state index in [1.165, 1.54) is 12.1 Å². The highest BCUT2D eigenvalue weighted by molar-refractivity contribution is 5.73. The van der Waals surface area contributed by atoms with Crippen molar-refractivity contribution in [2.75, 3.05) is 11.4 Å². The average molecular weight is 275 g/mol. The number of hydrogen-bond acceptors (Lipinski definition) is 3. The van der Waals surface area contributed by atoms with E-state index in [9.17, 15) is 9.18 Å². The summed E-state index contributed by atoms with van der Waals surface area (Å²) in [5.74, 6) is -2.10. The summed E-state index contributed by atoms with van der Waals surface area (Å²) in [6.45, 7) is 0.0556. The Morgan fingerprint density at radius 1 is 1.15 bits per heavy atom. The van der Waals surface area contributed by atoms with E-state index >= 15 is 0 Å². The lowest BCUT2D eigenvalue weighted by Gasteiger charge is -2.23. The summed E-state index contributed by atoms with van der Waals surface area (Å²) >= 11 is 0. The van der Waals surface area contributed by atoms with Gasteiger partial charge in [-0.05, 0) is 29.8 Å². The number of phenolic OH excluding ortho intramolecular Hbond substituents is 1. The lowest BCUT2D eigenvalue weighted by molar-refractivity contribution is -0.135. The fourth-order valence-electron chi connectivity index (χ4n) is 1.91. The zero-order chi connectivity index (χ0) is 14.5. The Morgan fingerprint density at radius 2 is 1.85 bits per heavy atom. The van der Waals surface area contributed by atoms with Gasteiger partial charge in [0, 0.05) is 12.2 Å². The molecule has 0 unspecified atom stereocenters. The predicted molar refractivity (Wildman–Crippen MR) is 73.2 cm³/mol. The first-order valence-corrected chi connectivity index (χ1v) is 6.05. The van der Waals surface area contributed by atoms with E-state index in [0.29, 0.717) is 5.56 Å². The molecular formula is C15H14FNO3. The molecule has 0 radical (unpaired) electrons. The molecule has 2 rings (SSSR count). The molecule has 0 bridgehead atoms. The molecule has 0 aliphatic rings. The second kappa shape index (κ2) is 6.06. The predicted octanol–water partition coefficient (Wildman–Crippen LogP) is 2.62. The zero-order valence-electron chi connectivity index (χ0n) is 10.7. The van der Waals surface area contributed by atoms with Gasteiger partial charge < -0.3 is 15.1 Å². The number of carbonyl (C=O) groups is 1. The molecule has 0 aliphatic carbocycles. The van der Waals surface area contributed by atoms with Gasteiger partial charge in [-0.3, -0.25) is 4.79 Å². The smallest absolute Gasteiger partial charge is 0.323 e. The third-order valence-electron chi connectivity index (χ3n) is 2.83. The van der Waals surface area contributed by atoms with Crippen molar-refractivity contribution in [1.82, 2.24) is 0 Å². The van der Waals surface area contributed by atoms with Gasteiger partial charge in [0.15, 0.2) is 11.6 Å². The van der Waals surface area contributed by atoms with E-state index in [4.69, 9.17) is 10.2 Å². The SMILES string of the molecule is O=C(O)CN(Cc1ccc(O)c(F)c1)c1ccccc1. The Balaban J connectivity index is 2.23. The van der Waals surface area contributed by atoms with E-state index in [2.05, 4.69) is 0 Å². The lowest BCUT2D eigenvalue weighted by atomic mass is 10.1. The highest BCUT2D eigenvalue weighted by Crippen LogP contribution is 2.20. The van der Waals surface area contributed by atoms with E-state index in [1.54, 1.807) is 23.1 Å². The molecule has 5 heteroatoms. The van der Waals surface area contributed by atoms with Gasteiger partial charge in [0.05, 0.1) is 0 Å². The molecule has 0 fully saturated rings. The van der Waals surface area contributed by atoms with Gasteiger partial charge in [-0.15, -0.1) is 0 Å². The van der Waals surface area contributed by atoms with Crippen molar-refractivity contribution in [3.8, 4) is 5.75 Å². The molecule has 2 aromatic carbocycles. The second-order valence-corrected chi connectivity index (χ2v) is 4.37. The van der Waals surface area contributed by atoms with Crippen LogP contribution in [0.15, 0.2) is 48.5 Å². The molecule has 0 heterocycles. The Bertz CT molecular complexity index is 601. The summed E-state index contributed by atoms with van der Waals surface area (Å²) < 4.78 is 13.3. The Labute approximate surface area is 115 Å². The number of benzene rings is 2. The maximum atomic E-state index is 13.3.